The summed E-state index contributed by atoms with van der Waals surface area (Å²) in [4.78, 5) is 26.6. The first-order valence-electron chi connectivity index (χ1n) is 9.59. The Morgan fingerprint density at radius 1 is 1.18 bits per heavy atom. The summed E-state index contributed by atoms with van der Waals surface area (Å²) in [7, 11) is 1.61. The second kappa shape index (κ2) is 7.73. The number of benzene rings is 1. The smallest absolute Gasteiger partial charge is 0.274 e. The van der Waals surface area contributed by atoms with E-state index in [4.69, 9.17) is 0 Å². The van der Waals surface area contributed by atoms with Crippen molar-refractivity contribution in [1.82, 2.24) is 20.0 Å². The molecule has 1 aromatic carbocycles. The second-order valence-corrected chi connectivity index (χ2v) is 8.33. The Hall–Kier alpha value is -2.70. The molecular formula is C21H27FN4O2. The third-order valence-electron chi connectivity index (χ3n) is 4.70. The number of aromatic nitrogens is 2. The average Bonchev–Trinajstić information content (AvgIpc) is 2.99. The maximum atomic E-state index is 13.3. The molecule has 6 nitrogen and oxygen atoms in total. The zero-order valence-electron chi connectivity index (χ0n) is 16.9. The first-order chi connectivity index (χ1) is 13.2. The molecule has 0 aliphatic heterocycles. The lowest BCUT2D eigenvalue weighted by molar-refractivity contribution is -0.122. The van der Waals surface area contributed by atoms with Gasteiger partial charge in [0.25, 0.3) is 5.91 Å². The molecule has 0 fully saturated rings. The lowest BCUT2D eigenvalue weighted by Crippen LogP contribution is -2.46. The molecule has 2 aromatic rings. The van der Waals surface area contributed by atoms with Gasteiger partial charge in [0.05, 0.1) is 12.2 Å². The molecule has 1 aliphatic rings. The highest BCUT2D eigenvalue weighted by Gasteiger charge is 2.28. The van der Waals surface area contributed by atoms with E-state index in [1.807, 2.05) is 20.8 Å². The summed E-state index contributed by atoms with van der Waals surface area (Å²) in [5, 5.41) is 7.43. The zero-order chi connectivity index (χ0) is 20.5. The molecular weight excluding hydrogens is 359 g/mol. The SMILES string of the molecule is CN(CC(=O)NC(C)(C)C)C(=O)c1nn(-c2ccc(F)cc2)c2c1CCCC2. The highest BCUT2D eigenvalue weighted by Crippen LogP contribution is 2.27. The Kier molecular flexibility index (Phi) is 5.54. The van der Waals surface area contributed by atoms with Gasteiger partial charge in [-0.3, -0.25) is 9.59 Å². The van der Waals surface area contributed by atoms with Gasteiger partial charge in [-0.25, -0.2) is 9.07 Å². The lowest BCUT2D eigenvalue weighted by Gasteiger charge is -2.23. The number of hydrogen-bond donors (Lipinski definition) is 1. The highest BCUT2D eigenvalue weighted by molar-refractivity contribution is 5.96. The van der Waals surface area contributed by atoms with Gasteiger partial charge in [-0.1, -0.05) is 0 Å². The molecule has 28 heavy (non-hydrogen) atoms. The number of fused-ring (bicyclic) bond motifs is 1. The molecule has 0 saturated carbocycles. The van der Waals surface area contributed by atoms with Gasteiger partial charge in [-0.2, -0.15) is 5.10 Å². The quantitative estimate of drug-likeness (QED) is 0.879. The largest absolute Gasteiger partial charge is 0.350 e. The maximum absolute atomic E-state index is 13.3. The molecule has 1 heterocycles. The van der Waals surface area contributed by atoms with Crippen LogP contribution >= 0.6 is 0 Å². The summed E-state index contributed by atoms with van der Waals surface area (Å²) in [5.74, 6) is -0.802. The average molecular weight is 386 g/mol. The van der Waals surface area contributed by atoms with Gasteiger partial charge in [0.1, 0.15) is 5.82 Å². The molecule has 7 heteroatoms. The normalized spacial score (nSPS) is 13.8. The predicted octanol–water partition coefficient (Wildman–Crippen LogP) is 2.88. The molecule has 0 unspecified atom stereocenters. The van der Waals surface area contributed by atoms with Crippen molar-refractivity contribution in [2.45, 2.75) is 52.0 Å². The predicted molar refractivity (Wildman–Crippen MR) is 105 cm³/mol. The minimum absolute atomic E-state index is 0.0334. The van der Waals surface area contributed by atoms with Gasteiger partial charge < -0.3 is 10.2 Å². The van der Waals surface area contributed by atoms with E-state index in [-0.39, 0.29) is 29.7 Å². The van der Waals surface area contributed by atoms with E-state index in [0.717, 1.165) is 42.6 Å². The number of halogens is 1. The standard InChI is InChI=1S/C21H27FN4O2/c1-21(2,3)23-18(27)13-25(4)20(28)19-16-7-5-6-8-17(16)26(24-19)15-11-9-14(22)10-12-15/h9-12H,5-8,13H2,1-4H3,(H,23,27). The second-order valence-electron chi connectivity index (χ2n) is 8.33. The number of carbonyl (C=O) groups is 2. The molecule has 150 valence electrons. The molecule has 3 rings (SSSR count). The molecule has 0 radical (unpaired) electrons. The van der Waals surface area contributed by atoms with E-state index in [1.54, 1.807) is 23.9 Å². The monoisotopic (exact) mass is 386 g/mol. The van der Waals surface area contributed by atoms with Gasteiger partial charge in [-0.15, -0.1) is 0 Å². The number of rotatable bonds is 4. The van der Waals surface area contributed by atoms with E-state index in [9.17, 15) is 14.0 Å². The van der Waals surface area contributed by atoms with Crippen molar-refractivity contribution in [2.24, 2.45) is 0 Å². The Balaban J connectivity index is 1.88. The highest BCUT2D eigenvalue weighted by atomic mass is 19.1. The minimum atomic E-state index is -0.357. The fourth-order valence-corrected chi connectivity index (χ4v) is 3.49. The molecule has 1 aliphatic carbocycles. The summed E-state index contributed by atoms with van der Waals surface area (Å²) in [5.41, 5.74) is 2.68. The third-order valence-corrected chi connectivity index (χ3v) is 4.70. The van der Waals surface area contributed by atoms with Crippen LogP contribution in [0.15, 0.2) is 24.3 Å². The Morgan fingerprint density at radius 3 is 2.46 bits per heavy atom. The molecule has 0 atom stereocenters. The molecule has 1 N–H and O–H groups in total. The van der Waals surface area contributed by atoms with Gasteiger partial charge in [0, 0.05) is 23.8 Å². The summed E-state index contributed by atoms with van der Waals surface area (Å²) in [6, 6.07) is 6.09. The fraction of sp³-hybridized carbons (Fsp3) is 0.476. The molecule has 1 aromatic heterocycles. The number of amides is 2. The number of nitrogens with one attached hydrogen (secondary N) is 1. The van der Waals surface area contributed by atoms with Crippen LogP contribution in [0.25, 0.3) is 5.69 Å². The van der Waals surface area contributed by atoms with Crippen LogP contribution in [0.3, 0.4) is 0 Å². The number of nitrogens with zero attached hydrogens (tertiary/aromatic N) is 3. The van der Waals surface area contributed by atoms with Gasteiger partial charge in [-0.05, 0) is 70.7 Å². The van der Waals surface area contributed by atoms with Crippen LogP contribution in [0.1, 0.15) is 55.4 Å². The van der Waals surface area contributed by atoms with Crippen LogP contribution in [0.2, 0.25) is 0 Å². The van der Waals surface area contributed by atoms with E-state index in [1.165, 1.54) is 17.0 Å². The molecule has 0 spiro atoms. The first kappa shape index (κ1) is 20.0. The fourth-order valence-electron chi connectivity index (χ4n) is 3.49. The van der Waals surface area contributed by atoms with E-state index in [2.05, 4.69) is 10.4 Å². The van der Waals surface area contributed by atoms with E-state index < -0.39 is 0 Å². The van der Waals surface area contributed by atoms with Crippen LogP contribution in [0.4, 0.5) is 4.39 Å². The van der Waals surface area contributed by atoms with E-state index in [0.29, 0.717) is 5.69 Å². The molecule has 2 amide bonds. The Morgan fingerprint density at radius 2 is 1.82 bits per heavy atom. The summed E-state index contributed by atoms with van der Waals surface area (Å²) < 4.78 is 15.0. The lowest BCUT2D eigenvalue weighted by atomic mass is 9.95. The Bertz CT molecular complexity index is 881. The van der Waals surface area contributed by atoms with Crippen LogP contribution < -0.4 is 5.32 Å². The van der Waals surface area contributed by atoms with Gasteiger partial charge in [0.2, 0.25) is 5.91 Å². The van der Waals surface area contributed by atoms with Gasteiger partial charge in [0.15, 0.2) is 5.69 Å². The summed E-state index contributed by atoms with van der Waals surface area (Å²) >= 11 is 0. The van der Waals surface area contributed by atoms with Crippen molar-refractivity contribution in [2.75, 3.05) is 13.6 Å². The number of likely N-dealkylation sites (N-methyl/N-ethyl adjacent to an activating group) is 1. The van der Waals surface area contributed by atoms with Crippen LogP contribution in [-0.4, -0.2) is 45.6 Å². The van der Waals surface area contributed by atoms with Crippen molar-refractivity contribution in [3.8, 4) is 5.69 Å². The molecule has 0 bridgehead atoms. The van der Waals surface area contributed by atoms with Crippen LogP contribution in [-0.2, 0) is 17.6 Å². The van der Waals surface area contributed by atoms with Crippen LogP contribution in [0, 0.1) is 5.82 Å². The van der Waals surface area contributed by atoms with Crippen LogP contribution in [0.5, 0.6) is 0 Å². The maximum Gasteiger partial charge on any atom is 0.274 e. The minimum Gasteiger partial charge on any atom is -0.350 e. The van der Waals surface area contributed by atoms with Crippen molar-refractivity contribution in [3.63, 3.8) is 0 Å². The third kappa shape index (κ3) is 4.40. The van der Waals surface area contributed by atoms with Crippen molar-refractivity contribution in [3.05, 3.63) is 47.0 Å². The first-order valence-corrected chi connectivity index (χ1v) is 9.59. The zero-order valence-corrected chi connectivity index (χ0v) is 16.9. The Labute approximate surface area is 164 Å². The topological polar surface area (TPSA) is 67.2 Å². The van der Waals surface area contributed by atoms with Crippen molar-refractivity contribution >= 4 is 11.8 Å². The van der Waals surface area contributed by atoms with Gasteiger partial charge >= 0.3 is 0 Å². The molecule has 0 saturated heterocycles. The number of carbonyl (C=O) groups excluding carboxylic acids is 2. The van der Waals surface area contributed by atoms with Crippen molar-refractivity contribution < 1.29 is 14.0 Å². The van der Waals surface area contributed by atoms with Crippen molar-refractivity contribution in [1.29, 1.82) is 0 Å². The number of hydrogen-bond acceptors (Lipinski definition) is 3. The van der Waals surface area contributed by atoms with E-state index >= 15 is 0 Å². The summed E-state index contributed by atoms with van der Waals surface area (Å²) in [6.07, 6.45) is 3.62. The summed E-state index contributed by atoms with van der Waals surface area (Å²) in [6.45, 7) is 5.66.